The molecule has 0 radical (unpaired) electrons. The number of hydrogen-bond acceptors (Lipinski definition) is 3. The standard InChI is InChI=1S/C17H21NO2/c1-13-8-9-15(10-14(13)2)18-11-16(19)12-20-17-6-4-3-5-7-17/h3-10,16,18-19H,11-12H2,1-2H3. The fourth-order valence-electron chi connectivity index (χ4n) is 1.86. The zero-order valence-corrected chi connectivity index (χ0v) is 12.0. The summed E-state index contributed by atoms with van der Waals surface area (Å²) in [6, 6.07) is 15.7. The number of aliphatic hydroxyl groups is 1. The summed E-state index contributed by atoms with van der Waals surface area (Å²) in [5.74, 6) is 0.776. The molecule has 0 fully saturated rings. The van der Waals surface area contributed by atoms with Crippen molar-refractivity contribution in [3.8, 4) is 5.75 Å². The Bertz CT molecular complexity index is 540. The maximum atomic E-state index is 9.91. The molecule has 0 amide bonds. The zero-order chi connectivity index (χ0) is 14.4. The number of para-hydroxylation sites is 1. The van der Waals surface area contributed by atoms with E-state index in [2.05, 4.69) is 31.3 Å². The number of aliphatic hydroxyl groups excluding tert-OH is 1. The summed E-state index contributed by atoms with van der Waals surface area (Å²) < 4.78 is 5.51. The lowest BCUT2D eigenvalue weighted by molar-refractivity contribution is 0.117. The molecule has 1 atom stereocenters. The largest absolute Gasteiger partial charge is 0.491 e. The second-order valence-electron chi connectivity index (χ2n) is 4.96. The number of benzene rings is 2. The van der Waals surface area contributed by atoms with Crippen LogP contribution in [0.5, 0.6) is 5.75 Å². The van der Waals surface area contributed by atoms with Crippen molar-refractivity contribution in [3.63, 3.8) is 0 Å². The van der Waals surface area contributed by atoms with Crippen LogP contribution in [0.15, 0.2) is 48.5 Å². The molecule has 0 aliphatic heterocycles. The van der Waals surface area contributed by atoms with Crippen LogP contribution in [0.4, 0.5) is 5.69 Å². The van der Waals surface area contributed by atoms with Crippen molar-refractivity contribution in [2.75, 3.05) is 18.5 Å². The van der Waals surface area contributed by atoms with Gasteiger partial charge in [0.05, 0.1) is 0 Å². The normalized spacial score (nSPS) is 11.9. The maximum Gasteiger partial charge on any atom is 0.119 e. The molecule has 0 aromatic heterocycles. The van der Waals surface area contributed by atoms with Crippen molar-refractivity contribution >= 4 is 5.69 Å². The van der Waals surface area contributed by atoms with E-state index in [0.717, 1.165) is 11.4 Å². The molecule has 0 aliphatic carbocycles. The summed E-state index contributed by atoms with van der Waals surface area (Å²) >= 11 is 0. The lowest BCUT2D eigenvalue weighted by Crippen LogP contribution is -2.26. The van der Waals surface area contributed by atoms with Crippen LogP contribution in [0.3, 0.4) is 0 Å². The van der Waals surface area contributed by atoms with E-state index in [9.17, 15) is 5.11 Å². The Morgan fingerprint density at radius 2 is 1.80 bits per heavy atom. The van der Waals surface area contributed by atoms with Gasteiger partial charge in [-0.1, -0.05) is 24.3 Å². The van der Waals surface area contributed by atoms with Gasteiger partial charge in [-0.2, -0.15) is 0 Å². The van der Waals surface area contributed by atoms with Gasteiger partial charge in [-0.3, -0.25) is 0 Å². The van der Waals surface area contributed by atoms with Crippen LogP contribution in [0, 0.1) is 13.8 Å². The Labute approximate surface area is 120 Å². The van der Waals surface area contributed by atoms with E-state index in [1.807, 2.05) is 36.4 Å². The number of aryl methyl sites for hydroxylation is 2. The van der Waals surface area contributed by atoms with Gasteiger partial charge in [-0.25, -0.2) is 0 Å². The van der Waals surface area contributed by atoms with Crippen molar-refractivity contribution in [2.24, 2.45) is 0 Å². The molecule has 0 heterocycles. The van der Waals surface area contributed by atoms with Gasteiger partial charge in [-0.05, 0) is 49.2 Å². The van der Waals surface area contributed by atoms with Crippen LogP contribution in [-0.2, 0) is 0 Å². The third-order valence-electron chi connectivity index (χ3n) is 3.23. The van der Waals surface area contributed by atoms with Crippen LogP contribution in [-0.4, -0.2) is 24.4 Å². The lowest BCUT2D eigenvalue weighted by Gasteiger charge is -2.14. The average molecular weight is 271 g/mol. The predicted molar refractivity (Wildman–Crippen MR) is 82.3 cm³/mol. The van der Waals surface area contributed by atoms with Crippen LogP contribution in [0.1, 0.15) is 11.1 Å². The minimum atomic E-state index is -0.545. The third-order valence-corrected chi connectivity index (χ3v) is 3.23. The summed E-state index contributed by atoms with van der Waals surface area (Å²) in [7, 11) is 0. The SMILES string of the molecule is Cc1ccc(NCC(O)COc2ccccc2)cc1C. The highest BCUT2D eigenvalue weighted by molar-refractivity contribution is 5.48. The van der Waals surface area contributed by atoms with Gasteiger partial charge in [0.2, 0.25) is 0 Å². The molecule has 0 aliphatic rings. The molecule has 0 saturated heterocycles. The molecule has 2 rings (SSSR count). The smallest absolute Gasteiger partial charge is 0.119 e. The number of nitrogens with one attached hydrogen (secondary N) is 1. The topological polar surface area (TPSA) is 41.5 Å². The van der Waals surface area contributed by atoms with Gasteiger partial charge in [0, 0.05) is 12.2 Å². The summed E-state index contributed by atoms with van der Waals surface area (Å²) in [5, 5.41) is 13.1. The molecule has 3 heteroatoms. The van der Waals surface area contributed by atoms with Crippen molar-refractivity contribution in [1.82, 2.24) is 0 Å². The lowest BCUT2D eigenvalue weighted by atomic mass is 10.1. The van der Waals surface area contributed by atoms with Crippen LogP contribution in [0.25, 0.3) is 0 Å². The van der Waals surface area contributed by atoms with Gasteiger partial charge in [0.15, 0.2) is 0 Å². The van der Waals surface area contributed by atoms with Gasteiger partial charge in [0.25, 0.3) is 0 Å². The van der Waals surface area contributed by atoms with Gasteiger partial charge >= 0.3 is 0 Å². The van der Waals surface area contributed by atoms with Crippen LogP contribution >= 0.6 is 0 Å². The fourth-order valence-corrected chi connectivity index (χ4v) is 1.86. The van der Waals surface area contributed by atoms with E-state index < -0.39 is 6.10 Å². The molecular weight excluding hydrogens is 250 g/mol. The molecular formula is C17H21NO2. The first kappa shape index (κ1) is 14.4. The minimum absolute atomic E-state index is 0.280. The van der Waals surface area contributed by atoms with Gasteiger partial charge in [0.1, 0.15) is 18.5 Å². The van der Waals surface area contributed by atoms with Crippen molar-refractivity contribution in [3.05, 3.63) is 59.7 Å². The highest BCUT2D eigenvalue weighted by Gasteiger charge is 2.05. The van der Waals surface area contributed by atoms with Crippen molar-refractivity contribution in [1.29, 1.82) is 0 Å². The van der Waals surface area contributed by atoms with Gasteiger partial charge < -0.3 is 15.2 Å². The monoisotopic (exact) mass is 271 g/mol. The van der Waals surface area contributed by atoms with E-state index in [0.29, 0.717) is 6.54 Å². The van der Waals surface area contributed by atoms with E-state index in [1.165, 1.54) is 11.1 Å². The number of rotatable bonds is 6. The molecule has 2 aromatic carbocycles. The van der Waals surface area contributed by atoms with Crippen LogP contribution in [0.2, 0.25) is 0 Å². The highest BCUT2D eigenvalue weighted by Crippen LogP contribution is 2.14. The molecule has 2 N–H and O–H groups in total. The first-order valence-corrected chi connectivity index (χ1v) is 6.82. The summed E-state index contributed by atoms with van der Waals surface area (Å²) in [5.41, 5.74) is 3.53. The van der Waals surface area contributed by atoms with Crippen molar-refractivity contribution in [2.45, 2.75) is 20.0 Å². The molecule has 20 heavy (non-hydrogen) atoms. The second-order valence-corrected chi connectivity index (χ2v) is 4.96. The minimum Gasteiger partial charge on any atom is -0.491 e. The maximum absolute atomic E-state index is 9.91. The Morgan fingerprint density at radius 1 is 1.05 bits per heavy atom. The third kappa shape index (κ3) is 4.28. The Kier molecular flexibility index (Phi) is 5.02. The fraction of sp³-hybridized carbons (Fsp3) is 0.294. The predicted octanol–water partition coefficient (Wildman–Crippen LogP) is 3.16. The summed E-state index contributed by atoms with van der Waals surface area (Å²) in [6.45, 7) is 4.91. The molecule has 3 nitrogen and oxygen atoms in total. The number of ether oxygens (including phenoxy) is 1. The molecule has 2 aromatic rings. The summed E-state index contributed by atoms with van der Waals surface area (Å²) in [6.07, 6.45) is -0.545. The molecule has 106 valence electrons. The van der Waals surface area contributed by atoms with Gasteiger partial charge in [-0.15, -0.1) is 0 Å². The summed E-state index contributed by atoms with van der Waals surface area (Å²) in [4.78, 5) is 0. The number of anilines is 1. The van der Waals surface area contributed by atoms with Crippen LogP contribution < -0.4 is 10.1 Å². The zero-order valence-electron chi connectivity index (χ0n) is 12.0. The molecule has 0 bridgehead atoms. The molecule has 0 spiro atoms. The molecule has 0 saturated carbocycles. The number of hydrogen-bond donors (Lipinski definition) is 2. The molecule has 1 unspecified atom stereocenters. The Morgan fingerprint density at radius 3 is 2.50 bits per heavy atom. The van der Waals surface area contributed by atoms with Crippen molar-refractivity contribution < 1.29 is 9.84 Å². The Hall–Kier alpha value is -2.00. The van der Waals surface area contributed by atoms with E-state index >= 15 is 0 Å². The van der Waals surface area contributed by atoms with E-state index in [1.54, 1.807) is 0 Å². The first-order valence-electron chi connectivity index (χ1n) is 6.82. The average Bonchev–Trinajstić information content (AvgIpc) is 2.47. The second kappa shape index (κ2) is 6.96. The quantitative estimate of drug-likeness (QED) is 0.848. The highest BCUT2D eigenvalue weighted by atomic mass is 16.5. The van der Waals surface area contributed by atoms with E-state index in [-0.39, 0.29) is 6.61 Å². The van der Waals surface area contributed by atoms with E-state index in [4.69, 9.17) is 4.74 Å². The Balaban J connectivity index is 1.77. The first-order chi connectivity index (χ1) is 9.65.